The Labute approximate surface area is 95.4 Å². The molecule has 1 fully saturated rings. The van der Waals surface area contributed by atoms with Crippen LogP contribution in [0.15, 0.2) is 6.33 Å². The second kappa shape index (κ2) is 4.51. The summed E-state index contributed by atoms with van der Waals surface area (Å²) in [6.45, 7) is 0. The Hall–Kier alpha value is -0.940. The van der Waals surface area contributed by atoms with E-state index in [1.807, 2.05) is 7.05 Å². The minimum Gasteiger partial charge on any atom is -0.389 e. The van der Waals surface area contributed by atoms with E-state index in [4.69, 9.17) is 4.74 Å². The first kappa shape index (κ1) is 11.5. The SMILES string of the molecule is COC1CCCC(O)(Cc2ncnn2C)C1. The van der Waals surface area contributed by atoms with Crippen LogP contribution in [0.5, 0.6) is 0 Å². The molecule has 0 radical (unpaired) electrons. The lowest BCUT2D eigenvalue weighted by molar-refractivity contribution is -0.0595. The minimum atomic E-state index is -0.681. The number of ether oxygens (including phenoxy) is 1. The van der Waals surface area contributed by atoms with Gasteiger partial charge in [0.1, 0.15) is 12.2 Å². The van der Waals surface area contributed by atoms with Gasteiger partial charge < -0.3 is 9.84 Å². The lowest BCUT2D eigenvalue weighted by atomic mass is 9.80. The van der Waals surface area contributed by atoms with Gasteiger partial charge >= 0.3 is 0 Å². The summed E-state index contributed by atoms with van der Waals surface area (Å²) in [6, 6.07) is 0. The third-order valence-electron chi connectivity index (χ3n) is 3.40. The molecule has 1 aliphatic rings. The predicted molar refractivity (Wildman–Crippen MR) is 58.9 cm³/mol. The Morgan fingerprint density at radius 1 is 1.69 bits per heavy atom. The second-order valence-corrected chi connectivity index (χ2v) is 4.66. The van der Waals surface area contributed by atoms with Crippen molar-refractivity contribution in [3.8, 4) is 0 Å². The first-order chi connectivity index (χ1) is 7.63. The van der Waals surface area contributed by atoms with Crippen LogP contribution in [0.4, 0.5) is 0 Å². The molecule has 1 heterocycles. The maximum Gasteiger partial charge on any atom is 0.138 e. The van der Waals surface area contributed by atoms with Crippen molar-refractivity contribution in [3.63, 3.8) is 0 Å². The Bertz CT molecular complexity index is 353. The molecule has 0 bridgehead atoms. The molecular weight excluding hydrogens is 206 g/mol. The van der Waals surface area contributed by atoms with Crippen LogP contribution in [0.3, 0.4) is 0 Å². The molecule has 2 rings (SSSR count). The molecule has 0 saturated heterocycles. The molecule has 2 atom stereocenters. The molecule has 5 nitrogen and oxygen atoms in total. The van der Waals surface area contributed by atoms with Gasteiger partial charge in [0.2, 0.25) is 0 Å². The number of aryl methyl sites for hydroxylation is 1. The molecule has 1 saturated carbocycles. The van der Waals surface area contributed by atoms with Gasteiger partial charge in [0.25, 0.3) is 0 Å². The van der Waals surface area contributed by atoms with Crippen LogP contribution < -0.4 is 0 Å². The number of aliphatic hydroxyl groups is 1. The van der Waals surface area contributed by atoms with Gasteiger partial charge in [-0.2, -0.15) is 5.10 Å². The van der Waals surface area contributed by atoms with Crippen molar-refractivity contribution in [1.29, 1.82) is 0 Å². The standard InChI is InChI=1S/C11H19N3O2/c1-14-10(12-8-13-14)7-11(15)5-3-4-9(6-11)16-2/h8-9,15H,3-7H2,1-2H3. The van der Waals surface area contributed by atoms with E-state index in [9.17, 15) is 5.11 Å². The highest BCUT2D eigenvalue weighted by atomic mass is 16.5. The molecule has 1 aromatic rings. The quantitative estimate of drug-likeness (QED) is 0.821. The minimum absolute atomic E-state index is 0.173. The number of methoxy groups -OCH3 is 1. The summed E-state index contributed by atoms with van der Waals surface area (Å²) in [4.78, 5) is 4.16. The van der Waals surface area contributed by atoms with Crippen molar-refractivity contribution in [2.75, 3.05) is 7.11 Å². The van der Waals surface area contributed by atoms with E-state index in [1.165, 1.54) is 6.33 Å². The van der Waals surface area contributed by atoms with E-state index < -0.39 is 5.60 Å². The average Bonchev–Trinajstić information content (AvgIpc) is 2.64. The zero-order valence-electron chi connectivity index (χ0n) is 9.89. The molecule has 0 aromatic carbocycles. The van der Waals surface area contributed by atoms with Crippen molar-refractivity contribution < 1.29 is 9.84 Å². The number of aromatic nitrogens is 3. The summed E-state index contributed by atoms with van der Waals surface area (Å²) >= 11 is 0. The highest BCUT2D eigenvalue weighted by Gasteiger charge is 2.35. The number of hydrogen-bond donors (Lipinski definition) is 1. The fraction of sp³-hybridized carbons (Fsp3) is 0.818. The molecule has 16 heavy (non-hydrogen) atoms. The molecule has 1 aromatic heterocycles. The fourth-order valence-corrected chi connectivity index (χ4v) is 2.42. The van der Waals surface area contributed by atoms with Gasteiger partial charge in [0, 0.05) is 27.0 Å². The molecule has 0 amide bonds. The van der Waals surface area contributed by atoms with Gasteiger partial charge in [0.15, 0.2) is 0 Å². The lowest BCUT2D eigenvalue weighted by Gasteiger charge is -2.35. The smallest absolute Gasteiger partial charge is 0.138 e. The third-order valence-corrected chi connectivity index (χ3v) is 3.40. The summed E-state index contributed by atoms with van der Waals surface area (Å²) < 4.78 is 7.05. The van der Waals surface area contributed by atoms with Gasteiger partial charge in [-0.15, -0.1) is 0 Å². The summed E-state index contributed by atoms with van der Waals surface area (Å²) in [5, 5.41) is 14.5. The van der Waals surface area contributed by atoms with Crippen molar-refractivity contribution in [3.05, 3.63) is 12.2 Å². The van der Waals surface area contributed by atoms with E-state index >= 15 is 0 Å². The van der Waals surface area contributed by atoms with Crippen LogP contribution in [0.2, 0.25) is 0 Å². The van der Waals surface area contributed by atoms with Crippen LogP contribution >= 0.6 is 0 Å². The van der Waals surface area contributed by atoms with Crippen LogP contribution in [-0.2, 0) is 18.2 Å². The van der Waals surface area contributed by atoms with E-state index in [0.717, 1.165) is 25.1 Å². The summed E-state index contributed by atoms with van der Waals surface area (Å²) in [5.41, 5.74) is -0.681. The van der Waals surface area contributed by atoms with Crippen molar-refractivity contribution in [2.24, 2.45) is 7.05 Å². The van der Waals surface area contributed by atoms with E-state index in [2.05, 4.69) is 10.1 Å². The largest absolute Gasteiger partial charge is 0.389 e. The second-order valence-electron chi connectivity index (χ2n) is 4.66. The molecule has 90 valence electrons. The molecule has 0 spiro atoms. The monoisotopic (exact) mass is 225 g/mol. The van der Waals surface area contributed by atoms with E-state index in [0.29, 0.717) is 12.8 Å². The van der Waals surface area contributed by atoms with Crippen molar-refractivity contribution in [1.82, 2.24) is 14.8 Å². The number of rotatable bonds is 3. The van der Waals surface area contributed by atoms with Gasteiger partial charge in [-0.3, -0.25) is 4.68 Å². The normalized spacial score (nSPS) is 30.6. The third kappa shape index (κ3) is 2.41. The van der Waals surface area contributed by atoms with Gasteiger partial charge in [-0.1, -0.05) is 0 Å². The Morgan fingerprint density at radius 3 is 3.12 bits per heavy atom. The Balaban J connectivity index is 2.05. The highest BCUT2D eigenvalue weighted by molar-refractivity contribution is 4.97. The first-order valence-electron chi connectivity index (χ1n) is 5.71. The molecule has 1 aliphatic carbocycles. The van der Waals surface area contributed by atoms with E-state index in [-0.39, 0.29) is 6.10 Å². The number of hydrogen-bond acceptors (Lipinski definition) is 4. The molecule has 1 N–H and O–H groups in total. The van der Waals surface area contributed by atoms with Crippen LogP contribution in [0.25, 0.3) is 0 Å². The first-order valence-corrected chi connectivity index (χ1v) is 5.71. The highest BCUT2D eigenvalue weighted by Crippen LogP contribution is 2.32. The van der Waals surface area contributed by atoms with Crippen LogP contribution in [-0.4, -0.2) is 38.7 Å². The van der Waals surface area contributed by atoms with E-state index in [1.54, 1.807) is 11.8 Å². The zero-order valence-corrected chi connectivity index (χ0v) is 9.89. The number of nitrogens with zero attached hydrogens (tertiary/aromatic N) is 3. The van der Waals surface area contributed by atoms with Crippen LogP contribution in [0, 0.1) is 0 Å². The van der Waals surface area contributed by atoms with Crippen LogP contribution in [0.1, 0.15) is 31.5 Å². The fourth-order valence-electron chi connectivity index (χ4n) is 2.42. The van der Waals surface area contributed by atoms with Gasteiger partial charge in [-0.05, 0) is 19.3 Å². The predicted octanol–water partition coefficient (Wildman–Crippen LogP) is 0.678. The maximum absolute atomic E-state index is 10.5. The summed E-state index contributed by atoms with van der Waals surface area (Å²) in [6.07, 6.45) is 5.81. The molecule has 5 heteroatoms. The molecule has 2 unspecified atom stereocenters. The van der Waals surface area contributed by atoms with Crippen molar-refractivity contribution >= 4 is 0 Å². The molecular formula is C11H19N3O2. The topological polar surface area (TPSA) is 60.2 Å². The lowest BCUT2D eigenvalue weighted by Crippen LogP contribution is -2.40. The zero-order chi connectivity index (χ0) is 11.6. The van der Waals surface area contributed by atoms with Gasteiger partial charge in [0.05, 0.1) is 11.7 Å². The Morgan fingerprint density at radius 2 is 2.50 bits per heavy atom. The summed E-state index contributed by atoms with van der Waals surface area (Å²) in [5.74, 6) is 0.833. The average molecular weight is 225 g/mol. The van der Waals surface area contributed by atoms with Crippen molar-refractivity contribution in [2.45, 2.75) is 43.8 Å². The summed E-state index contributed by atoms with van der Waals surface area (Å²) in [7, 11) is 3.56. The van der Waals surface area contributed by atoms with Gasteiger partial charge in [-0.25, -0.2) is 4.98 Å². The maximum atomic E-state index is 10.5. The molecule has 0 aliphatic heterocycles. The Kier molecular flexibility index (Phi) is 3.25.